The normalized spacial score (nSPS) is 15.7. The van der Waals surface area contributed by atoms with E-state index in [2.05, 4.69) is 72.4 Å². The Balaban J connectivity index is 0.823. The first-order valence-corrected chi connectivity index (χ1v) is 28.8. The van der Waals surface area contributed by atoms with Gasteiger partial charge in [-0.2, -0.15) is 0 Å². The molecule has 3 aromatic heterocycles. The zero-order chi connectivity index (χ0) is 59.4. The van der Waals surface area contributed by atoms with Crippen molar-refractivity contribution in [2.45, 2.75) is 78.8 Å². The van der Waals surface area contributed by atoms with Crippen molar-refractivity contribution in [1.82, 2.24) is 49.7 Å². The maximum Gasteiger partial charge on any atom is 0.312 e. The van der Waals surface area contributed by atoms with Crippen LogP contribution in [-0.2, 0) is 55.9 Å². The molecule has 22 nitrogen and oxygen atoms in total. The van der Waals surface area contributed by atoms with Crippen molar-refractivity contribution in [3.63, 3.8) is 0 Å². The van der Waals surface area contributed by atoms with E-state index in [-0.39, 0.29) is 113 Å². The maximum atomic E-state index is 14.0. The first-order valence-electron chi connectivity index (χ1n) is 28.8. The van der Waals surface area contributed by atoms with E-state index in [1.807, 2.05) is 75.4 Å². The molecular formula is C62H77N12O10+. The number of hydrogen-bond donors (Lipinski definition) is 4. The molecule has 5 heterocycles. The zero-order valence-corrected chi connectivity index (χ0v) is 48.4. The third-order valence-corrected chi connectivity index (χ3v) is 15.0. The smallest absolute Gasteiger partial charge is 0.312 e. The SMILES string of the molecule is Cc1ccc(-c2ncn(-c3ccc(Cc4nccc(-c5cccc([N+]6(Cc7ccc(NC(=O)[C@H](CCCNC(N)=O)CC(=O)[C@@H](NC(=O)CCOCCOCCOCCN8C(=O)CC(C)C8=O)C(C)C)cc7)CCOCC6)c5)n4)cc3)n2)cn1. The van der Waals surface area contributed by atoms with Crippen LogP contribution in [0.1, 0.15) is 75.5 Å². The number of urea groups is 1. The topological polar surface area (TPSA) is 274 Å². The summed E-state index contributed by atoms with van der Waals surface area (Å²) in [5.74, 6) is -1.38. The molecule has 84 heavy (non-hydrogen) atoms. The molecule has 0 saturated carbocycles. The van der Waals surface area contributed by atoms with Crippen LogP contribution in [0.15, 0.2) is 110 Å². The van der Waals surface area contributed by atoms with E-state index in [4.69, 9.17) is 29.7 Å². The van der Waals surface area contributed by atoms with Gasteiger partial charge in [-0.1, -0.05) is 57.2 Å². The lowest BCUT2D eigenvalue weighted by Crippen LogP contribution is -2.55. The first kappa shape index (κ1) is 61.9. The monoisotopic (exact) mass is 1150 g/mol. The molecule has 8 rings (SSSR count). The summed E-state index contributed by atoms with van der Waals surface area (Å²) in [6.07, 6.45) is 6.59. The second kappa shape index (κ2) is 30.4. The standard InChI is InChI=1S/C62H76N12O10/c1-42(2)58(70-56(76)21-27-81-31-33-84-34-32-82-28-24-72-57(77)35-43(3)61(72)79)54(75)38-48(8-6-22-65-62(63)80)60(78)68-50-16-11-46(12-17-50)40-74(25-29-83-30-26-74)52-9-5-7-47(37-52)53-20-23-64-55(69-53)36-45-13-18-51(19-14-45)73-41-67-59(71-73)49-15-10-44(4)66-39-49/h5,7,9-20,23,37,39,41-43,48,58H,6,8,21-22,24-36,38,40H2,1-4H3,(H4-,63,65,68,70,76,78,80)/p+1/t43?,48-,58+/m1/s1. The number of amides is 6. The molecule has 3 atom stereocenters. The van der Waals surface area contributed by atoms with E-state index in [1.54, 1.807) is 30.3 Å². The highest BCUT2D eigenvalue weighted by Crippen LogP contribution is 2.33. The third kappa shape index (κ3) is 17.7. The number of imide groups is 1. The molecule has 2 saturated heterocycles. The fourth-order valence-electron chi connectivity index (χ4n) is 10.2. The number of Topliss-reactive ketones (excluding diaryl/α,β-unsaturated/α-hetero) is 1. The van der Waals surface area contributed by atoms with Gasteiger partial charge in [0.2, 0.25) is 23.6 Å². The Hall–Kier alpha value is -8.15. The van der Waals surface area contributed by atoms with Crippen LogP contribution in [-0.4, -0.2) is 155 Å². The van der Waals surface area contributed by atoms with Gasteiger partial charge < -0.3 is 40.6 Å². The van der Waals surface area contributed by atoms with Crippen molar-refractivity contribution in [2.75, 3.05) is 84.4 Å². The second-order valence-electron chi connectivity index (χ2n) is 21.7. The Bertz CT molecular complexity index is 3170. The molecule has 0 bridgehead atoms. The number of ketones is 1. The van der Waals surface area contributed by atoms with E-state index in [9.17, 15) is 28.8 Å². The molecule has 5 N–H and O–H groups in total. The number of nitrogens with one attached hydrogen (secondary N) is 3. The summed E-state index contributed by atoms with van der Waals surface area (Å²) in [5, 5.41) is 13.1. The number of aryl methyl sites for hydroxylation is 1. The van der Waals surface area contributed by atoms with Crippen LogP contribution in [0.2, 0.25) is 0 Å². The van der Waals surface area contributed by atoms with Gasteiger partial charge in [0, 0.05) is 90.6 Å². The van der Waals surface area contributed by atoms with Crippen molar-refractivity contribution in [2.24, 2.45) is 23.5 Å². The summed E-state index contributed by atoms with van der Waals surface area (Å²) in [6.45, 7) is 12.6. The minimum atomic E-state index is -0.848. The number of likely N-dealkylation sites (tertiary alicyclic amines) is 1. The largest absolute Gasteiger partial charge is 0.379 e. The van der Waals surface area contributed by atoms with Crippen molar-refractivity contribution in [1.29, 1.82) is 0 Å². The average molecular weight is 1150 g/mol. The minimum Gasteiger partial charge on any atom is -0.379 e. The van der Waals surface area contributed by atoms with Gasteiger partial charge >= 0.3 is 6.03 Å². The number of nitrogens with zero attached hydrogens (tertiary/aromatic N) is 8. The lowest BCUT2D eigenvalue weighted by atomic mass is 9.89. The quantitative estimate of drug-likeness (QED) is 0.0216. The number of morpholine rings is 1. The molecule has 2 fully saturated rings. The third-order valence-electron chi connectivity index (χ3n) is 15.0. The summed E-state index contributed by atoms with van der Waals surface area (Å²) >= 11 is 0. The van der Waals surface area contributed by atoms with Gasteiger partial charge in [-0.15, -0.1) is 5.10 Å². The number of aromatic nitrogens is 6. The predicted octanol–water partition coefficient (Wildman–Crippen LogP) is 6.16. The van der Waals surface area contributed by atoms with Crippen molar-refractivity contribution in [3.05, 3.63) is 132 Å². The Morgan fingerprint density at radius 3 is 2.25 bits per heavy atom. The number of hydrogen-bond acceptors (Lipinski definition) is 15. The van der Waals surface area contributed by atoms with Crippen molar-refractivity contribution in [3.8, 4) is 28.3 Å². The molecule has 3 aromatic carbocycles. The molecule has 2 aliphatic rings. The fraction of sp³-hybridized carbons (Fsp3) is 0.435. The number of quaternary nitrogens is 1. The molecule has 444 valence electrons. The Kier molecular flexibility index (Phi) is 22.4. The van der Waals surface area contributed by atoms with Gasteiger partial charge in [0.05, 0.1) is 76.8 Å². The fourth-order valence-corrected chi connectivity index (χ4v) is 10.2. The van der Waals surface area contributed by atoms with Crippen LogP contribution >= 0.6 is 0 Å². The van der Waals surface area contributed by atoms with E-state index in [0.29, 0.717) is 61.0 Å². The van der Waals surface area contributed by atoms with E-state index < -0.39 is 18.0 Å². The van der Waals surface area contributed by atoms with Gasteiger partial charge in [0.15, 0.2) is 11.6 Å². The highest BCUT2D eigenvalue weighted by molar-refractivity contribution is 6.03. The van der Waals surface area contributed by atoms with Crippen LogP contribution < -0.4 is 26.2 Å². The summed E-state index contributed by atoms with van der Waals surface area (Å²) in [7, 11) is 0. The number of carbonyl (C=O) groups excluding carboxylic acids is 6. The van der Waals surface area contributed by atoms with Crippen LogP contribution in [0.25, 0.3) is 28.3 Å². The average Bonchev–Trinajstić information content (AvgIpc) is 4.12. The van der Waals surface area contributed by atoms with Crippen LogP contribution in [0, 0.1) is 24.7 Å². The van der Waals surface area contributed by atoms with Crippen molar-refractivity contribution >= 4 is 46.8 Å². The molecule has 6 amide bonds. The molecule has 0 aliphatic carbocycles. The van der Waals surface area contributed by atoms with E-state index >= 15 is 0 Å². The molecule has 2 aliphatic heterocycles. The number of rotatable bonds is 31. The van der Waals surface area contributed by atoms with Crippen LogP contribution in [0.4, 0.5) is 16.2 Å². The number of benzene rings is 3. The van der Waals surface area contributed by atoms with Crippen LogP contribution in [0.3, 0.4) is 0 Å². The number of nitrogens with two attached hydrogens (primary N) is 1. The summed E-state index contributed by atoms with van der Waals surface area (Å²) in [4.78, 5) is 96.2. The number of pyridine rings is 1. The lowest BCUT2D eigenvalue weighted by molar-refractivity contribution is -0.140. The van der Waals surface area contributed by atoms with Crippen LogP contribution in [0.5, 0.6) is 0 Å². The summed E-state index contributed by atoms with van der Waals surface area (Å²) in [6, 6.07) is 28.7. The summed E-state index contributed by atoms with van der Waals surface area (Å²) in [5.41, 5.74) is 13.6. The maximum absolute atomic E-state index is 14.0. The van der Waals surface area contributed by atoms with Gasteiger partial charge in [0.25, 0.3) is 0 Å². The minimum absolute atomic E-state index is 0.00981. The lowest BCUT2D eigenvalue weighted by Gasteiger charge is -2.41. The molecule has 0 spiro atoms. The molecular weight excluding hydrogens is 1070 g/mol. The van der Waals surface area contributed by atoms with Gasteiger partial charge in [0.1, 0.15) is 37.5 Å². The van der Waals surface area contributed by atoms with Gasteiger partial charge in [-0.3, -0.25) is 38.3 Å². The Morgan fingerprint density at radius 1 is 0.833 bits per heavy atom. The van der Waals surface area contributed by atoms with Crippen molar-refractivity contribution < 1.29 is 47.7 Å². The number of primary amides is 1. The Morgan fingerprint density at radius 2 is 1.56 bits per heavy atom. The van der Waals surface area contributed by atoms with E-state index in [0.717, 1.165) is 58.1 Å². The highest BCUT2D eigenvalue weighted by atomic mass is 16.5. The molecule has 0 radical (unpaired) electrons. The van der Waals surface area contributed by atoms with Gasteiger partial charge in [-0.05, 0) is 79.8 Å². The van der Waals surface area contributed by atoms with E-state index in [1.165, 1.54) is 4.90 Å². The molecule has 1 unspecified atom stereocenters. The number of carbonyl (C=O) groups is 6. The second-order valence-corrected chi connectivity index (χ2v) is 21.7. The summed E-state index contributed by atoms with van der Waals surface area (Å²) < 4.78 is 24.9. The zero-order valence-electron chi connectivity index (χ0n) is 48.4. The molecule has 22 heteroatoms. The molecule has 6 aromatic rings. The Labute approximate surface area is 489 Å². The highest BCUT2D eigenvalue weighted by Gasteiger charge is 2.36. The first-order chi connectivity index (χ1) is 40.6. The number of anilines is 1. The van der Waals surface area contributed by atoms with Gasteiger partial charge in [-0.25, -0.2) is 24.4 Å². The predicted molar refractivity (Wildman–Crippen MR) is 315 cm³/mol. The number of ether oxygens (including phenoxy) is 4.